The van der Waals surface area contributed by atoms with Gasteiger partial charge in [-0.3, -0.25) is 4.79 Å². The summed E-state index contributed by atoms with van der Waals surface area (Å²) in [6, 6.07) is 8.06. The average molecular weight is 429 g/mol. The maximum absolute atomic E-state index is 12.4. The molecule has 0 unspecified atom stereocenters. The minimum atomic E-state index is 0.253. The topological polar surface area (TPSA) is 67.3 Å². The fraction of sp³-hybridized carbons (Fsp3) is 0.609. The number of carbonyl (C=O) groups excluding carboxylic acids is 1. The molecule has 1 amide bonds. The van der Waals surface area contributed by atoms with Crippen LogP contribution < -0.4 is 15.0 Å². The zero-order chi connectivity index (χ0) is 20.8. The number of methoxy groups -OCH3 is 1. The molecule has 1 saturated carbocycles. The van der Waals surface area contributed by atoms with Crippen molar-refractivity contribution in [2.24, 2.45) is 11.8 Å². The summed E-state index contributed by atoms with van der Waals surface area (Å²) in [5.74, 6) is 2.83. The smallest absolute Gasteiger partial charge is 0.223 e. The van der Waals surface area contributed by atoms with Crippen molar-refractivity contribution in [3.8, 4) is 5.75 Å². The van der Waals surface area contributed by atoms with Gasteiger partial charge in [-0.2, -0.15) is 4.37 Å². The van der Waals surface area contributed by atoms with Crippen LogP contribution in [0, 0.1) is 11.8 Å². The number of ether oxygens (including phenoxy) is 1. The lowest BCUT2D eigenvalue weighted by molar-refractivity contribution is -0.126. The Morgan fingerprint density at radius 3 is 2.77 bits per heavy atom. The highest BCUT2D eigenvalue weighted by Gasteiger charge is 2.25. The van der Waals surface area contributed by atoms with Gasteiger partial charge in [0.15, 0.2) is 0 Å². The number of hydrogen-bond donors (Lipinski definition) is 1. The molecule has 1 N–H and O–H groups in total. The van der Waals surface area contributed by atoms with Gasteiger partial charge in [0.05, 0.1) is 7.11 Å². The SMILES string of the molecule is COc1cccc(Cc2nsc(N3CCC(CNC(=O)C4CCCCC4)CC3)n2)c1. The van der Waals surface area contributed by atoms with E-state index in [1.807, 2.05) is 18.2 Å². The van der Waals surface area contributed by atoms with Gasteiger partial charge in [0.25, 0.3) is 0 Å². The quantitative estimate of drug-likeness (QED) is 0.721. The molecule has 0 spiro atoms. The second kappa shape index (κ2) is 10.2. The van der Waals surface area contributed by atoms with Gasteiger partial charge in [-0.05, 0) is 49.3 Å². The Morgan fingerprint density at radius 1 is 1.20 bits per heavy atom. The Bertz CT molecular complexity index is 826. The maximum atomic E-state index is 12.4. The molecule has 4 rings (SSSR count). The largest absolute Gasteiger partial charge is 0.497 e. The van der Waals surface area contributed by atoms with Crippen LogP contribution >= 0.6 is 11.5 Å². The molecule has 2 aromatic rings. The summed E-state index contributed by atoms with van der Waals surface area (Å²) >= 11 is 1.49. The summed E-state index contributed by atoms with van der Waals surface area (Å²) in [6.45, 7) is 2.79. The molecular weight excluding hydrogens is 396 g/mol. The molecule has 2 aliphatic rings. The average Bonchev–Trinajstić information content (AvgIpc) is 3.27. The predicted octanol–water partition coefficient (Wildman–Crippen LogP) is 4.05. The highest BCUT2D eigenvalue weighted by atomic mass is 32.1. The number of benzene rings is 1. The Hall–Kier alpha value is -2.15. The molecule has 1 aromatic heterocycles. The zero-order valence-corrected chi connectivity index (χ0v) is 18.6. The summed E-state index contributed by atoms with van der Waals surface area (Å²) in [4.78, 5) is 19.5. The lowest BCUT2D eigenvalue weighted by atomic mass is 9.88. The molecule has 1 aliphatic heterocycles. The van der Waals surface area contributed by atoms with Crippen molar-refractivity contribution in [1.82, 2.24) is 14.7 Å². The van der Waals surface area contributed by atoms with E-state index in [9.17, 15) is 4.79 Å². The van der Waals surface area contributed by atoms with Gasteiger partial charge in [-0.15, -0.1) is 0 Å². The fourth-order valence-corrected chi connectivity index (χ4v) is 5.23. The van der Waals surface area contributed by atoms with E-state index in [-0.39, 0.29) is 11.8 Å². The van der Waals surface area contributed by atoms with Crippen molar-refractivity contribution in [1.29, 1.82) is 0 Å². The highest BCUT2D eigenvalue weighted by Crippen LogP contribution is 2.27. The summed E-state index contributed by atoms with van der Waals surface area (Å²) in [5.41, 5.74) is 1.16. The molecule has 1 saturated heterocycles. The lowest BCUT2D eigenvalue weighted by Crippen LogP contribution is -2.40. The van der Waals surface area contributed by atoms with Crippen LogP contribution in [0.4, 0.5) is 5.13 Å². The van der Waals surface area contributed by atoms with Gasteiger partial charge in [0.2, 0.25) is 11.0 Å². The van der Waals surface area contributed by atoms with E-state index in [0.717, 1.165) is 74.0 Å². The first-order valence-corrected chi connectivity index (χ1v) is 12.0. The van der Waals surface area contributed by atoms with Crippen molar-refractivity contribution in [2.75, 3.05) is 31.6 Å². The Labute approximate surface area is 183 Å². The molecular formula is C23H32N4O2S. The minimum Gasteiger partial charge on any atom is -0.497 e. The Kier molecular flexibility index (Phi) is 7.20. The summed E-state index contributed by atoms with van der Waals surface area (Å²) in [7, 11) is 1.68. The molecule has 1 aromatic carbocycles. The number of amides is 1. The second-order valence-electron chi connectivity index (χ2n) is 8.53. The van der Waals surface area contributed by atoms with E-state index in [4.69, 9.17) is 9.72 Å². The lowest BCUT2D eigenvalue weighted by Gasteiger charge is -2.32. The number of anilines is 1. The Balaban J connectivity index is 1.23. The monoisotopic (exact) mass is 428 g/mol. The van der Waals surface area contributed by atoms with E-state index in [0.29, 0.717) is 5.92 Å². The van der Waals surface area contributed by atoms with Crippen molar-refractivity contribution >= 4 is 22.6 Å². The summed E-state index contributed by atoms with van der Waals surface area (Å²) in [5, 5.41) is 4.24. The van der Waals surface area contributed by atoms with Gasteiger partial charge in [0.1, 0.15) is 11.6 Å². The second-order valence-corrected chi connectivity index (χ2v) is 9.26. The third kappa shape index (κ3) is 5.50. The first kappa shape index (κ1) is 21.1. The Morgan fingerprint density at radius 2 is 2.00 bits per heavy atom. The molecule has 0 radical (unpaired) electrons. The number of hydrogen-bond acceptors (Lipinski definition) is 6. The van der Waals surface area contributed by atoms with E-state index >= 15 is 0 Å². The van der Waals surface area contributed by atoms with Crippen molar-refractivity contribution in [2.45, 2.75) is 51.4 Å². The van der Waals surface area contributed by atoms with Gasteiger partial charge in [0, 0.05) is 43.5 Å². The van der Waals surface area contributed by atoms with Crippen LogP contribution in [-0.2, 0) is 11.2 Å². The predicted molar refractivity (Wildman–Crippen MR) is 120 cm³/mol. The van der Waals surface area contributed by atoms with Crippen LogP contribution in [0.3, 0.4) is 0 Å². The first-order valence-electron chi connectivity index (χ1n) is 11.2. The van der Waals surface area contributed by atoms with Gasteiger partial charge < -0.3 is 15.0 Å². The van der Waals surface area contributed by atoms with Gasteiger partial charge in [-0.25, -0.2) is 4.98 Å². The van der Waals surface area contributed by atoms with Gasteiger partial charge >= 0.3 is 0 Å². The third-order valence-corrected chi connectivity index (χ3v) is 7.19. The normalized spacial score (nSPS) is 18.4. The number of nitrogens with one attached hydrogen (secondary N) is 1. The fourth-order valence-electron chi connectivity index (χ4n) is 4.49. The van der Waals surface area contributed by atoms with E-state index in [1.54, 1.807) is 7.11 Å². The molecule has 1 aliphatic carbocycles. The van der Waals surface area contributed by atoms with E-state index in [2.05, 4.69) is 20.7 Å². The minimum absolute atomic E-state index is 0.253. The molecule has 30 heavy (non-hydrogen) atoms. The van der Waals surface area contributed by atoms with Gasteiger partial charge in [-0.1, -0.05) is 31.4 Å². The maximum Gasteiger partial charge on any atom is 0.223 e. The van der Waals surface area contributed by atoms with E-state index in [1.165, 1.54) is 30.8 Å². The number of carbonyl (C=O) groups is 1. The third-order valence-electron chi connectivity index (χ3n) is 6.38. The van der Waals surface area contributed by atoms with Crippen LogP contribution in [0.15, 0.2) is 24.3 Å². The molecule has 2 heterocycles. The number of nitrogens with zero attached hydrogens (tertiary/aromatic N) is 3. The molecule has 7 heteroatoms. The molecule has 6 nitrogen and oxygen atoms in total. The number of piperidine rings is 1. The van der Waals surface area contributed by atoms with Crippen LogP contribution in [-0.4, -0.2) is 42.0 Å². The number of rotatable bonds is 7. The first-order chi connectivity index (χ1) is 14.7. The zero-order valence-electron chi connectivity index (χ0n) is 17.8. The van der Waals surface area contributed by atoms with Crippen LogP contribution in [0.5, 0.6) is 5.75 Å². The molecule has 0 bridgehead atoms. The van der Waals surface area contributed by atoms with Crippen molar-refractivity contribution in [3.63, 3.8) is 0 Å². The number of aromatic nitrogens is 2. The molecule has 0 atom stereocenters. The molecule has 2 fully saturated rings. The van der Waals surface area contributed by atoms with Crippen LogP contribution in [0.1, 0.15) is 56.3 Å². The van der Waals surface area contributed by atoms with Crippen LogP contribution in [0.25, 0.3) is 0 Å². The summed E-state index contributed by atoms with van der Waals surface area (Å²) < 4.78 is 9.86. The van der Waals surface area contributed by atoms with Crippen molar-refractivity contribution in [3.05, 3.63) is 35.7 Å². The summed E-state index contributed by atoms with van der Waals surface area (Å²) in [6.07, 6.45) is 8.74. The highest BCUT2D eigenvalue weighted by molar-refractivity contribution is 7.09. The van der Waals surface area contributed by atoms with E-state index < -0.39 is 0 Å². The van der Waals surface area contributed by atoms with Crippen molar-refractivity contribution < 1.29 is 9.53 Å². The van der Waals surface area contributed by atoms with Crippen LogP contribution in [0.2, 0.25) is 0 Å². The standard InChI is InChI=1S/C23H32N4O2S/c1-29-20-9-5-6-18(14-20)15-21-25-23(30-26-21)27-12-10-17(11-13-27)16-24-22(28)19-7-3-2-4-8-19/h5-6,9,14,17,19H,2-4,7-8,10-13,15-16H2,1H3,(H,24,28). The molecule has 162 valence electrons.